The number of aromatic nitrogens is 1. The minimum atomic E-state index is -2.87. The highest BCUT2D eigenvalue weighted by Gasteiger charge is 2.10. The van der Waals surface area contributed by atoms with Crippen molar-refractivity contribution in [2.24, 2.45) is 4.99 Å². The molecule has 0 fully saturated rings. The van der Waals surface area contributed by atoms with Gasteiger partial charge in [-0.2, -0.15) is 8.78 Å². The lowest BCUT2D eigenvalue weighted by Gasteiger charge is -2.14. The topological polar surface area (TPSA) is 71.7 Å². The van der Waals surface area contributed by atoms with E-state index >= 15 is 0 Å². The van der Waals surface area contributed by atoms with Gasteiger partial charge in [-0.1, -0.05) is 24.3 Å². The summed E-state index contributed by atoms with van der Waals surface area (Å²) in [6, 6.07) is 10.5. The van der Waals surface area contributed by atoms with Gasteiger partial charge in [0.15, 0.2) is 5.96 Å². The van der Waals surface area contributed by atoms with Gasteiger partial charge in [0.25, 0.3) is 0 Å². The van der Waals surface area contributed by atoms with E-state index in [-0.39, 0.29) is 12.3 Å². The van der Waals surface area contributed by atoms with Crippen LogP contribution in [0.3, 0.4) is 0 Å². The van der Waals surface area contributed by atoms with Crippen molar-refractivity contribution < 1.29 is 17.9 Å². The van der Waals surface area contributed by atoms with E-state index in [0.717, 1.165) is 10.6 Å². The van der Waals surface area contributed by atoms with Gasteiger partial charge in [-0.15, -0.1) is 11.3 Å². The molecule has 2 aromatic heterocycles. The maximum absolute atomic E-state index is 12.5. The molecule has 3 rings (SSSR count). The van der Waals surface area contributed by atoms with E-state index in [1.807, 2.05) is 17.5 Å². The predicted octanol–water partition coefficient (Wildman–Crippen LogP) is 3.87. The molecule has 0 spiro atoms. The van der Waals surface area contributed by atoms with Crippen LogP contribution < -0.4 is 15.4 Å². The van der Waals surface area contributed by atoms with Crippen LogP contribution in [0.4, 0.5) is 8.78 Å². The van der Waals surface area contributed by atoms with Crippen molar-refractivity contribution in [1.82, 2.24) is 15.6 Å². The zero-order valence-electron chi connectivity index (χ0n) is 14.5. The first kappa shape index (κ1) is 18.8. The largest absolute Gasteiger partial charge is 0.443 e. The second kappa shape index (κ2) is 9.13. The van der Waals surface area contributed by atoms with Gasteiger partial charge in [0, 0.05) is 19.2 Å². The number of thiophene rings is 1. The molecular formula is C18H18F2N4O2S. The van der Waals surface area contributed by atoms with Crippen LogP contribution >= 0.6 is 11.3 Å². The molecule has 0 amide bonds. The fraction of sp³-hybridized carbons (Fsp3) is 0.222. The Hall–Kier alpha value is -2.94. The summed E-state index contributed by atoms with van der Waals surface area (Å²) in [5.41, 5.74) is 1.32. The molecule has 1 aromatic carbocycles. The first-order valence-corrected chi connectivity index (χ1v) is 8.99. The molecule has 2 heterocycles. The summed E-state index contributed by atoms with van der Waals surface area (Å²) in [5.74, 6) is 1.21. The fourth-order valence-electron chi connectivity index (χ4n) is 2.34. The molecule has 0 aliphatic rings. The summed E-state index contributed by atoms with van der Waals surface area (Å²) in [7, 11) is 1.62. The van der Waals surface area contributed by atoms with E-state index in [4.69, 9.17) is 4.42 Å². The number of hydrogen-bond acceptors (Lipinski definition) is 5. The first-order valence-electron chi connectivity index (χ1n) is 8.11. The first-order chi connectivity index (χ1) is 13.2. The standard InChI is InChI=1S/C18H18F2N4O2S/c1-21-18(22-9-12-5-2-3-6-14(12)26-17(19)20)23-10-13-11-25-16(24-13)15-7-4-8-27-15/h2-8,11,17H,9-10H2,1H3,(H2,21,22,23). The molecule has 6 nitrogen and oxygen atoms in total. The second-order valence-corrected chi connectivity index (χ2v) is 6.33. The molecule has 0 unspecified atom stereocenters. The van der Waals surface area contributed by atoms with Crippen molar-refractivity contribution in [3.8, 4) is 16.5 Å². The average Bonchev–Trinajstić information content (AvgIpc) is 3.34. The monoisotopic (exact) mass is 392 g/mol. The van der Waals surface area contributed by atoms with Gasteiger partial charge in [-0.05, 0) is 17.5 Å². The van der Waals surface area contributed by atoms with Crippen molar-refractivity contribution in [2.45, 2.75) is 19.7 Å². The summed E-state index contributed by atoms with van der Waals surface area (Å²) >= 11 is 1.55. The zero-order valence-corrected chi connectivity index (χ0v) is 15.3. The number of hydrogen-bond donors (Lipinski definition) is 2. The Bertz CT molecular complexity index is 881. The number of ether oxygens (including phenoxy) is 1. The lowest BCUT2D eigenvalue weighted by molar-refractivity contribution is -0.0504. The number of nitrogens with one attached hydrogen (secondary N) is 2. The number of nitrogens with zero attached hydrogens (tertiary/aromatic N) is 2. The van der Waals surface area contributed by atoms with Crippen LogP contribution in [0, 0.1) is 0 Å². The number of oxazole rings is 1. The van der Waals surface area contributed by atoms with Gasteiger partial charge in [0.1, 0.15) is 12.0 Å². The fourth-order valence-corrected chi connectivity index (χ4v) is 2.99. The van der Waals surface area contributed by atoms with E-state index in [2.05, 4.69) is 25.3 Å². The molecule has 0 saturated heterocycles. The number of para-hydroxylation sites is 1. The van der Waals surface area contributed by atoms with E-state index < -0.39 is 6.61 Å². The lowest BCUT2D eigenvalue weighted by atomic mass is 10.2. The number of guanidine groups is 1. The van der Waals surface area contributed by atoms with Crippen LogP contribution in [0.25, 0.3) is 10.8 Å². The van der Waals surface area contributed by atoms with E-state index in [1.54, 1.807) is 42.8 Å². The van der Waals surface area contributed by atoms with Gasteiger partial charge < -0.3 is 19.8 Å². The highest BCUT2D eigenvalue weighted by atomic mass is 32.1. The van der Waals surface area contributed by atoms with E-state index in [0.29, 0.717) is 24.0 Å². The zero-order chi connectivity index (χ0) is 19.1. The maximum Gasteiger partial charge on any atom is 0.387 e. The average molecular weight is 392 g/mol. The van der Waals surface area contributed by atoms with Crippen molar-refractivity contribution in [3.63, 3.8) is 0 Å². The van der Waals surface area contributed by atoms with E-state index in [1.165, 1.54) is 6.07 Å². The van der Waals surface area contributed by atoms with Crippen LogP contribution in [0.1, 0.15) is 11.3 Å². The third-order valence-corrected chi connectivity index (χ3v) is 4.44. The molecule has 0 saturated carbocycles. The Labute approximate surface area is 158 Å². The number of halogens is 2. The molecule has 0 radical (unpaired) electrons. The lowest BCUT2D eigenvalue weighted by Crippen LogP contribution is -2.36. The highest BCUT2D eigenvalue weighted by molar-refractivity contribution is 7.13. The predicted molar refractivity (Wildman–Crippen MR) is 99.9 cm³/mol. The molecule has 0 aliphatic heterocycles. The third-order valence-electron chi connectivity index (χ3n) is 3.58. The quantitative estimate of drug-likeness (QED) is 0.472. The minimum Gasteiger partial charge on any atom is -0.443 e. The van der Waals surface area contributed by atoms with E-state index in [9.17, 15) is 8.78 Å². The summed E-state index contributed by atoms with van der Waals surface area (Å²) in [5, 5.41) is 8.12. The Balaban J connectivity index is 1.55. The van der Waals surface area contributed by atoms with Gasteiger partial charge in [0.2, 0.25) is 5.89 Å². The maximum atomic E-state index is 12.5. The van der Waals surface area contributed by atoms with Crippen LogP contribution in [0.15, 0.2) is 57.5 Å². The number of rotatable bonds is 7. The molecule has 0 atom stereocenters. The van der Waals surface area contributed by atoms with Crippen LogP contribution in [0.2, 0.25) is 0 Å². The number of benzene rings is 1. The minimum absolute atomic E-state index is 0.132. The summed E-state index contributed by atoms with van der Waals surface area (Å²) in [4.78, 5) is 9.49. The smallest absolute Gasteiger partial charge is 0.387 e. The molecule has 142 valence electrons. The van der Waals surface area contributed by atoms with Gasteiger partial charge in [0.05, 0.1) is 17.1 Å². The number of alkyl halides is 2. The van der Waals surface area contributed by atoms with Crippen molar-refractivity contribution in [1.29, 1.82) is 0 Å². The molecule has 0 bridgehead atoms. The molecule has 3 aromatic rings. The molecule has 27 heavy (non-hydrogen) atoms. The molecule has 2 N–H and O–H groups in total. The van der Waals surface area contributed by atoms with Crippen molar-refractivity contribution in [3.05, 3.63) is 59.3 Å². The Kier molecular flexibility index (Phi) is 6.37. The summed E-state index contributed by atoms with van der Waals surface area (Å²) in [6.45, 7) is -2.18. The normalized spacial score (nSPS) is 11.6. The Morgan fingerprint density at radius 2 is 2.04 bits per heavy atom. The molecular weight excluding hydrogens is 374 g/mol. The van der Waals surface area contributed by atoms with Crippen LogP contribution in [-0.4, -0.2) is 24.6 Å². The Morgan fingerprint density at radius 3 is 2.78 bits per heavy atom. The summed E-state index contributed by atoms with van der Waals surface area (Å²) in [6.07, 6.45) is 1.58. The number of aliphatic imine (C=N–C) groups is 1. The van der Waals surface area contributed by atoms with Crippen LogP contribution in [0.5, 0.6) is 5.75 Å². The van der Waals surface area contributed by atoms with Gasteiger partial charge in [-0.3, -0.25) is 4.99 Å². The van der Waals surface area contributed by atoms with Gasteiger partial charge >= 0.3 is 6.61 Å². The third kappa shape index (κ3) is 5.27. The van der Waals surface area contributed by atoms with Crippen molar-refractivity contribution >= 4 is 17.3 Å². The SMILES string of the molecule is CN=C(NCc1coc(-c2cccs2)n1)NCc1ccccc1OC(F)F. The highest BCUT2D eigenvalue weighted by Crippen LogP contribution is 2.23. The van der Waals surface area contributed by atoms with Gasteiger partial charge in [-0.25, -0.2) is 4.98 Å². The second-order valence-electron chi connectivity index (χ2n) is 5.39. The summed E-state index contributed by atoms with van der Waals surface area (Å²) < 4.78 is 35.0. The molecule has 9 heteroatoms. The molecule has 0 aliphatic carbocycles. The van der Waals surface area contributed by atoms with Crippen molar-refractivity contribution in [2.75, 3.05) is 7.05 Å². The van der Waals surface area contributed by atoms with Crippen LogP contribution in [-0.2, 0) is 13.1 Å². The Morgan fingerprint density at radius 1 is 1.22 bits per heavy atom.